The summed E-state index contributed by atoms with van der Waals surface area (Å²) >= 11 is 3.37. The standard InChI is InChI=1S/C14H19BrN2O3S/c1-21(19,20)17-8-2-7-16(9-10-17)14(18)11-12-3-5-13(15)6-4-12/h3-6H,2,7-11H2,1H3. The molecule has 0 unspecified atom stereocenters. The Bertz CT molecular complexity index is 601. The molecule has 7 heteroatoms. The van der Waals surface area contributed by atoms with Gasteiger partial charge in [0.05, 0.1) is 12.7 Å². The van der Waals surface area contributed by atoms with Crippen molar-refractivity contribution in [1.82, 2.24) is 9.21 Å². The first-order chi connectivity index (χ1) is 9.86. The third kappa shape index (κ3) is 4.79. The highest BCUT2D eigenvalue weighted by atomic mass is 79.9. The molecule has 2 rings (SSSR count). The fourth-order valence-electron chi connectivity index (χ4n) is 2.36. The number of benzene rings is 1. The summed E-state index contributed by atoms with van der Waals surface area (Å²) < 4.78 is 25.5. The van der Waals surface area contributed by atoms with Gasteiger partial charge in [0.1, 0.15) is 0 Å². The first-order valence-corrected chi connectivity index (χ1v) is 9.48. The molecular formula is C14H19BrN2O3S. The molecule has 1 heterocycles. The maximum absolute atomic E-state index is 12.3. The fraction of sp³-hybridized carbons (Fsp3) is 0.500. The third-order valence-corrected chi connectivity index (χ3v) is 5.38. The Morgan fingerprint density at radius 3 is 2.43 bits per heavy atom. The normalized spacial score (nSPS) is 17.5. The topological polar surface area (TPSA) is 57.7 Å². The second-order valence-corrected chi connectivity index (χ2v) is 8.10. The minimum atomic E-state index is -3.17. The van der Waals surface area contributed by atoms with E-state index in [1.807, 2.05) is 24.3 Å². The van der Waals surface area contributed by atoms with Crippen LogP contribution in [0.2, 0.25) is 0 Å². The molecule has 1 aliphatic heterocycles. The molecule has 1 aliphatic rings. The van der Waals surface area contributed by atoms with Gasteiger partial charge in [-0.3, -0.25) is 4.79 Å². The van der Waals surface area contributed by atoms with Crippen LogP contribution >= 0.6 is 15.9 Å². The number of hydrogen-bond donors (Lipinski definition) is 0. The molecule has 0 bridgehead atoms. The Morgan fingerprint density at radius 2 is 1.81 bits per heavy atom. The Hall–Kier alpha value is -0.920. The van der Waals surface area contributed by atoms with Gasteiger partial charge in [0.2, 0.25) is 15.9 Å². The molecule has 1 aromatic carbocycles. The molecule has 1 amide bonds. The first kappa shape index (κ1) is 16.5. The Kier molecular flexibility index (Phi) is 5.40. The minimum absolute atomic E-state index is 0.0488. The van der Waals surface area contributed by atoms with Gasteiger partial charge in [0, 0.05) is 30.7 Å². The van der Waals surface area contributed by atoms with E-state index in [-0.39, 0.29) is 5.91 Å². The quantitative estimate of drug-likeness (QED) is 0.804. The van der Waals surface area contributed by atoms with Crippen LogP contribution < -0.4 is 0 Å². The van der Waals surface area contributed by atoms with E-state index in [1.54, 1.807) is 4.90 Å². The van der Waals surface area contributed by atoms with Crippen molar-refractivity contribution in [3.05, 3.63) is 34.3 Å². The van der Waals surface area contributed by atoms with Crippen LogP contribution in [-0.4, -0.2) is 56.0 Å². The number of amides is 1. The molecule has 0 aromatic heterocycles. The number of carbonyl (C=O) groups is 1. The van der Waals surface area contributed by atoms with Crippen molar-refractivity contribution >= 4 is 31.9 Å². The predicted molar refractivity (Wildman–Crippen MR) is 85.5 cm³/mol. The molecule has 0 spiro atoms. The SMILES string of the molecule is CS(=O)(=O)N1CCCN(C(=O)Cc2ccc(Br)cc2)CC1. The van der Waals surface area contributed by atoms with Gasteiger partial charge >= 0.3 is 0 Å². The molecule has 21 heavy (non-hydrogen) atoms. The molecule has 0 N–H and O–H groups in total. The van der Waals surface area contributed by atoms with Crippen LogP contribution in [0.4, 0.5) is 0 Å². The second kappa shape index (κ2) is 6.89. The zero-order valence-corrected chi connectivity index (χ0v) is 14.4. The van der Waals surface area contributed by atoms with E-state index < -0.39 is 10.0 Å². The van der Waals surface area contributed by atoms with Gasteiger partial charge in [-0.2, -0.15) is 0 Å². The summed E-state index contributed by atoms with van der Waals surface area (Å²) in [7, 11) is -3.17. The van der Waals surface area contributed by atoms with Gasteiger partial charge in [-0.05, 0) is 24.1 Å². The van der Waals surface area contributed by atoms with Crippen LogP contribution in [0.15, 0.2) is 28.7 Å². The summed E-state index contributed by atoms with van der Waals surface area (Å²) in [6, 6.07) is 7.66. The smallest absolute Gasteiger partial charge is 0.227 e. The fourth-order valence-corrected chi connectivity index (χ4v) is 3.50. The number of nitrogens with zero attached hydrogens (tertiary/aromatic N) is 2. The zero-order chi connectivity index (χ0) is 15.5. The molecule has 0 saturated carbocycles. The van der Waals surface area contributed by atoms with E-state index in [0.717, 1.165) is 10.0 Å². The van der Waals surface area contributed by atoms with Crippen molar-refractivity contribution in [2.45, 2.75) is 12.8 Å². The highest BCUT2D eigenvalue weighted by molar-refractivity contribution is 9.10. The van der Waals surface area contributed by atoms with Crippen LogP contribution in [0, 0.1) is 0 Å². The highest BCUT2D eigenvalue weighted by Crippen LogP contribution is 2.13. The van der Waals surface area contributed by atoms with Crippen molar-refractivity contribution < 1.29 is 13.2 Å². The molecule has 0 aliphatic carbocycles. The van der Waals surface area contributed by atoms with Crippen LogP contribution in [-0.2, 0) is 21.2 Å². The highest BCUT2D eigenvalue weighted by Gasteiger charge is 2.23. The molecule has 116 valence electrons. The minimum Gasteiger partial charge on any atom is -0.341 e. The van der Waals surface area contributed by atoms with Crippen LogP contribution in [0.1, 0.15) is 12.0 Å². The van der Waals surface area contributed by atoms with Crippen molar-refractivity contribution in [1.29, 1.82) is 0 Å². The molecule has 1 saturated heterocycles. The molecule has 1 fully saturated rings. The number of hydrogen-bond acceptors (Lipinski definition) is 3. The third-order valence-electron chi connectivity index (χ3n) is 3.55. The van der Waals surface area contributed by atoms with Gasteiger partial charge in [0.15, 0.2) is 0 Å². The lowest BCUT2D eigenvalue weighted by molar-refractivity contribution is -0.130. The summed E-state index contributed by atoms with van der Waals surface area (Å²) in [5, 5.41) is 0. The molecule has 1 aromatic rings. The van der Waals surface area contributed by atoms with E-state index in [9.17, 15) is 13.2 Å². The molecular weight excluding hydrogens is 356 g/mol. The molecule has 5 nitrogen and oxygen atoms in total. The number of carbonyl (C=O) groups excluding carboxylic acids is 1. The average Bonchev–Trinajstić information content (AvgIpc) is 2.67. The molecule has 0 atom stereocenters. The lowest BCUT2D eigenvalue weighted by Gasteiger charge is -2.21. The van der Waals surface area contributed by atoms with E-state index in [2.05, 4.69) is 15.9 Å². The van der Waals surface area contributed by atoms with Crippen molar-refractivity contribution in [3.63, 3.8) is 0 Å². The summed E-state index contributed by atoms with van der Waals surface area (Å²) in [4.78, 5) is 14.1. The predicted octanol–water partition coefficient (Wildman–Crippen LogP) is 1.49. The number of halogens is 1. The number of rotatable bonds is 3. The van der Waals surface area contributed by atoms with Gasteiger partial charge in [0.25, 0.3) is 0 Å². The van der Waals surface area contributed by atoms with Crippen LogP contribution in [0.3, 0.4) is 0 Å². The lowest BCUT2D eigenvalue weighted by Crippen LogP contribution is -2.37. The maximum atomic E-state index is 12.3. The first-order valence-electron chi connectivity index (χ1n) is 6.83. The average molecular weight is 375 g/mol. The van der Waals surface area contributed by atoms with E-state index in [1.165, 1.54) is 10.6 Å². The van der Waals surface area contributed by atoms with Crippen LogP contribution in [0.5, 0.6) is 0 Å². The zero-order valence-electron chi connectivity index (χ0n) is 12.0. The lowest BCUT2D eigenvalue weighted by atomic mass is 10.1. The van der Waals surface area contributed by atoms with E-state index in [4.69, 9.17) is 0 Å². The monoisotopic (exact) mass is 374 g/mol. The summed E-state index contributed by atoms with van der Waals surface area (Å²) in [5.41, 5.74) is 0.965. The summed E-state index contributed by atoms with van der Waals surface area (Å²) in [5.74, 6) is 0.0488. The van der Waals surface area contributed by atoms with Crippen LogP contribution in [0.25, 0.3) is 0 Å². The van der Waals surface area contributed by atoms with Crippen molar-refractivity contribution in [2.75, 3.05) is 32.4 Å². The van der Waals surface area contributed by atoms with Crippen molar-refractivity contribution in [3.8, 4) is 0 Å². The maximum Gasteiger partial charge on any atom is 0.227 e. The Morgan fingerprint density at radius 1 is 1.14 bits per heavy atom. The largest absolute Gasteiger partial charge is 0.341 e. The Labute approximate surface area is 134 Å². The van der Waals surface area contributed by atoms with Crippen molar-refractivity contribution in [2.24, 2.45) is 0 Å². The van der Waals surface area contributed by atoms with E-state index >= 15 is 0 Å². The summed E-state index contributed by atoms with van der Waals surface area (Å²) in [6.45, 7) is 1.94. The summed E-state index contributed by atoms with van der Waals surface area (Å²) in [6.07, 6.45) is 2.25. The molecule has 0 radical (unpaired) electrons. The number of sulfonamides is 1. The van der Waals surface area contributed by atoms with Gasteiger partial charge in [-0.25, -0.2) is 12.7 Å². The van der Waals surface area contributed by atoms with Gasteiger partial charge < -0.3 is 4.90 Å². The Balaban J connectivity index is 1.95. The van der Waals surface area contributed by atoms with E-state index in [0.29, 0.717) is 39.0 Å². The second-order valence-electron chi connectivity index (χ2n) is 5.20. The van der Waals surface area contributed by atoms with Gasteiger partial charge in [-0.15, -0.1) is 0 Å². The van der Waals surface area contributed by atoms with Gasteiger partial charge in [-0.1, -0.05) is 28.1 Å².